The molecule has 0 amide bonds. The monoisotopic (exact) mass is 246 g/mol. The Morgan fingerprint density at radius 1 is 1.35 bits per heavy atom. The maximum atomic E-state index is 5.61. The van der Waals surface area contributed by atoms with Gasteiger partial charge in [0.1, 0.15) is 5.01 Å². The van der Waals surface area contributed by atoms with E-state index in [-0.39, 0.29) is 12.3 Å². The summed E-state index contributed by atoms with van der Waals surface area (Å²) in [6.45, 7) is 4.16. The Morgan fingerprint density at radius 2 is 2.12 bits per heavy atom. The van der Waals surface area contributed by atoms with Gasteiger partial charge in [-0.3, -0.25) is 4.84 Å². The van der Waals surface area contributed by atoms with Gasteiger partial charge in [0.15, 0.2) is 0 Å². The first-order valence-corrected chi connectivity index (χ1v) is 6.56. The van der Waals surface area contributed by atoms with Crippen LogP contribution in [0.1, 0.15) is 35.5 Å². The third-order valence-electron chi connectivity index (χ3n) is 2.92. The van der Waals surface area contributed by atoms with Gasteiger partial charge in [0.05, 0.1) is 6.04 Å². The zero-order chi connectivity index (χ0) is 11.8. The van der Waals surface area contributed by atoms with Crippen molar-refractivity contribution >= 4 is 11.3 Å². The highest BCUT2D eigenvalue weighted by Gasteiger charge is 2.44. The molecule has 1 unspecified atom stereocenters. The number of rotatable bonds is 3. The molecule has 0 bridgehead atoms. The summed E-state index contributed by atoms with van der Waals surface area (Å²) in [5, 5.41) is 5.10. The number of hydrogen-bond donors (Lipinski definition) is 0. The van der Waals surface area contributed by atoms with Crippen LogP contribution >= 0.6 is 11.3 Å². The Labute approximate surface area is 105 Å². The van der Waals surface area contributed by atoms with Gasteiger partial charge >= 0.3 is 0 Å². The van der Waals surface area contributed by atoms with Crippen LogP contribution in [0.5, 0.6) is 0 Å². The number of aryl methyl sites for hydroxylation is 1. The van der Waals surface area contributed by atoms with Crippen LogP contribution in [0.15, 0.2) is 35.7 Å². The molecule has 0 N–H and O–H groups in total. The first-order chi connectivity index (χ1) is 8.25. The minimum absolute atomic E-state index is 0.0453. The van der Waals surface area contributed by atoms with Crippen molar-refractivity contribution in [3.63, 3.8) is 0 Å². The van der Waals surface area contributed by atoms with Crippen LogP contribution in [0.3, 0.4) is 0 Å². The van der Waals surface area contributed by atoms with Crippen molar-refractivity contribution in [1.29, 1.82) is 0 Å². The summed E-state index contributed by atoms with van der Waals surface area (Å²) < 4.78 is 0. The van der Waals surface area contributed by atoms with E-state index in [4.69, 9.17) is 4.84 Å². The average Bonchev–Trinajstić information content (AvgIpc) is 3.05. The summed E-state index contributed by atoms with van der Waals surface area (Å²) in [4.78, 5) is 10.1. The van der Waals surface area contributed by atoms with Gasteiger partial charge in [0.2, 0.25) is 6.23 Å². The van der Waals surface area contributed by atoms with Gasteiger partial charge in [-0.25, -0.2) is 4.98 Å². The maximum Gasteiger partial charge on any atom is 0.206 e. The lowest BCUT2D eigenvalue weighted by Crippen LogP contribution is -2.05. The van der Waals surface area contributed by atoms with Crippen molar-refractivity contribution in [3.05, 3.63) is 52.0 Å². The molecule has 1 aliphatic heterocycles. The molecule has 3 rings (SSSR count). The number of hydroxylamine groups is 2. The summed E-state index contributed by atoms with van der Waals surface area (Å²) in [5.74, 6) is 0. The van der Waals surface area contributed by atoms with Crippen LogP contribution in [-0.2, 0) is 4.84 Å². The van der Waals surface area contributed by atoms with Crippen molar-refractivity contribution in [2.24, 2.45) is 0 Å². The van der Waals surface area contributed by atoms with E-state index in [2.05, 4.69) is 41.6 Å². The van der Waals surface area contributed by atoms with Gasteiger partial charge in [-0.1, -0.05) is 30.3 Å². The Hall–Kier alpha value is -1.23. The Kier molecular flexibility index (Phi) is 2.70. The molecule has 4 heteroatoms. The third kappa shape index (κ3) is 2.11. The van der Waals surface area contributed by atoms with Crippen LogP contribution in [-0.4, -0.2) is 10.0 Å². The molecule has 0 radical (unpaired) electrons. The van der Waals surface area contributed by atoms with E-state index in [1.54, 1.807) is 11.3 Å². The minimum Gasteiger partial charge on any atom is -0.267 e. The minimum atomic E-state index is 0.0453. The van der Waals surface area contributed by atoms with Crippen LogP contribution in [0.4, 0.5) is 0 Å². The molecular formula is C13H14N2OS. The summed E-state index contributed by atoms with van der Waals surface area (Å²) in [6, 6.07) is 10.6. The van der Waals surface area contributed by atoms with Crippen LogP contribution in [0.25, 0.3) is 0 Å². The largest absolute Gasteiger partial charge is 0.267 e. The van der Waals surface area contributed by atoms with Crippen molar-refractivity contribution < 1.29 is 4.84 Å². The fraction of sp³-hybridized carbons (Fsp3) is 0.308. The van der Waals surface area contributed by atoms with E-state index in [1.807, 2.05) is 18.1 Å². The second kappa shape index (κ2) is 4.22. The summed E-state index contributed by atoms with van der Waals surface area (Å²) in [5.41, 5.74) is 2.33. The lowest BCUT2D eigenvalue weighted by Gasteiger charge is -2.09. The molecule has 17 heavy (non-hydrogen) atoms. The average molecular weight is 246 g/mol. The summed E-state index contributed by atoms with van der Waals surface area (Å²) in [6.07, 6.45) is 0.0453. The highest BCUT2D eigenvalue weighted by atomic mass is 32.1. The third-order valence-corrected chi connectivity index (χ3v) is 3.91. The highest BCUT2D eigenvalue weighted by Crippen LogP contribution is 2.45. The summed E-state index contributed by atoms with van der Waals surface area (Å²) in [7, 11) is 0. The van der Waals surface area contributed by atoms with Crippen molar-refractivity contribution in [2.75, 3.05) is 0 Å². The smallest absolute Gasteiger partial charge is 0.206 e. The van der Waals surface area contributed by atoms with Gasteiger partial charge < -0.3 is 0 Å². The molecule has 1 aliphatic rings. The van der Waals surface area contributed by atoms with Gasteiger partial charge in [-0.05, 0) is 19.4 Å². The van der Waals surface area contributed by atoms with E-state index in [0.717, 1.165) is 10.7 Å². The molecule has 3 nitrogen and oxygen atoms in total. The lowest BCUT2D eigenvalue weighted by molar-refractivity contribution is 0.155. The number of benzene rings is 1. The Morgan fingerprint density at radius 3 is 2.76 bits per heavy atom. The predicted octanol–water partition coefficient (Wildman–Crippen LogP) is 3.46. The molecule has 0 spiro atoms. The molecule has 2 aromatic rings. The van der Waals surface area contributed by atoms with Gasteiger partial charge in [0.25, 0.3) is 0 Å². The molecular weight excluding hydrogens is 232 g/mol. The fourth-order valence-electron chi connectivity index (χ4n) is 1.90. The number of aromatic nitrogens is 1. The van der Waals surface area contributed by atoms with E-state index in [9.17, 15) is 0 Å². The molecule has 1 fully saturated rings. The maximum absolute atomic E-state index is 5.61. The Balaban J connectivity index is 1.73. The van der Waals surface area contributed by atoms with Gasteiger partial charge in [-0.15, -0.1) is 16.4 Å². The molecule has 2 heterocycles. The van der Waals surface area contributed by atoms with Gasteiger partial charge in [0, 0.05) is 11.1 Å². The second-order valence-corrected chi connectivity index (χ2v) is 5.12. The SMILES string of the molecule is Cc1csc([C@@H]2ON2[C@@H](C)c2ccccc2)n1. The van der Waals surface area contributed by atoms with Crippen molar-refractivity contribution in [3.8, 4) is 0 Å². The van der Waals surface area contributed by atoms with Crippen LogP contribution in [0, 0.1) is 6.92 Å². The molecule has 3 atom stereocenters. The molecule has 0 aliphatic carbocycles. The van der Waals surface area contributed by atoms with Crippen LogP contribution < -0.4 is 0 Å². The normalized spacial score (nSPS) is 24.6. The number of hydrogen-bond acceptors (Lipinski definition) is 4. The summed E-state index contributed by atoms with van der Waals surface area (Å²) >= 11 is 1.66. The molecule has 88 valence electrons. The van der Waals surface area contributed by atoms with E-state index in [1.165, 1.54) is 5.56 Å². The topological polar surface area (TPSA) is 28.4 Å². The zero-order valence-corrected chi connectivity index (χ0v) is 10.6. The van der Waals surface area contributed by atoms with E-state index in [0.29, 0.717) is 0 Å². The number of nitrogens with zero attached hydrogens (tertiary/aromatic N) is 2. The quantitative estimate of drug-likeness (QED) is 0.776. The van der Waals surface area contributed by atoms with Gasteiger partial charge in [-0.2, -0.15) is 0 Å². The van der Waals surface area contributed by atoms with E-state index >= 15 is 0 Å². The molecule has 1 aromatic carbocycles. The first kappa shape index (κ1) is 10.9. The first-order valence-electron chi connectivity index (χ1n) is 5.68. The standard InChI is InChI=1S/C13H14N2OS/c1-9-8-17-12(14-9)13-15(16-13)10(2)11-6-4-3-5-7-11/h3-8,10,13H,1-2H3/t10-,13-,15?/m0/s1. The lowest BCUT2D eigenvalue weighted by atomic mass is 10.1. The second-order valence-electron chi connectivity index (χ2n) is 4.23. The van der Waals surface area contributed by atoms with Crippen LogP contribution in [0.2, 0.25) is 0 Å². The zero-order valence-electron chi connectivity index (χ0n) is 9.83. The molecule has 1 saturated heterocycles. The van der Waals surface area contributed by atoms with Crippen molar-refractivity contribution in [1.82, 2.24) is 10.0 Å². The Bertz CT molecular complexity index is 511. The van der Waals surface area contributed by atoms with Crippen molar-refractivity contribution in [2.45, 2.75) is 26.1 Å². The highest BCUT2D eigenvalue weighted by molar-refractivity contribution is 7.09. The predicted molar refractivity (Wildman–Crippen MR) is 67.4 cm³/mol. The molecule has 0 saturated carbocycles. The van der Waals surface area contributed by atoms with E-state index < -0.39 is 0 Å². The number of thiazole rings is 1. The fourth-order valence-corrected chi connectivity index (χ4v) is 2.70. The molecule has 1 aromatic heterocycles.